The second-order valence-corrected chi connectivity index (χ2v) is 9.08. The summed E-state index contributed by atoms with van der Waals surface area (Å²) in [5.41, 5.74) is 2.64. The van der Waals surface area contributed by atoms with Gasteiger partial charge in [-0.05, 0) is 56.8 Å². The lowest BCUT2D eigenvalue weighted by Crippen LogP contribution is -2.46. The molecule has 1 atom stereocenters. The van der Waals surface area contributed by atoms with Crippen LogP contribution in [0.25, 0.3) is 0 Å². The summed E-state index contributed by atoms with van der Waals surface area (Å²) in [6.45, 7) is 13.1. The number of carbonyl (C=O) groups is 2. The first-order valence-corrected chi connectivity index (χ1v) is 12.1. The predicted octanol–water partition coefficient (Wildman–Crippen LogP) is 3.05. The molecular formula is C25H40N4O2. The highest BCUT2D eigenvalue weighted by atomic mass is 16.2. The SMILES string of the molecule is CCC(CC)N1CC(C(=O)NCCCCN2CCN(c3cccc(C)c3)CC2)CC1=O. The molecule has 31 heavy (non-hydrogen) atoms. The van der Waals surface area contributed by atoms with Gasteiger partial charge in [0.25, 0.3) is 0 Å². The molecule has 0 spiro atoms. The predicted molar refractivity (Wildman–Crippen MR) is 126 cm³/mol. The summed E-state index contributed by atoms with van der Waals surface area (Å²) in [7, 11) is 0. The Kier molecular flexibility index (Phi) is 8.76. The van der Waals surface area contributed by atoms with Gasteiger partial charge in [0, 0.05) is 57.4 Å². The van der Waals surface area contributed by atoms with Crippen molar-refractivity contribution in [1.29, 1.82) is 0 Å². The fourth-order valence-corrected chi connectivity index (χ4v) is 4.86. The maximum atomic E-state index is 12.5. The molecule has 1 unspecified atom stereocenters. The minimum atomic E-state index is -0.178. The average molecular weight is 429 g/mol. The Labute approximate surface area is 188 Å². The second kappa shape index (κ2) is 11.5. The van der Waals surface area contributed by atoms with Crippen molar-refractivity contribution in [3.8, 4) is 0 Å². The third-order valence-electron chi connectivity index (χ3n) is 6.85. The molecule has 3 rings (SSSR count). The summed E-state index contributed by atoms with van der Waals surface area (Å²) < 4.78 is 0. The van der Waals surface area contributed by atoms with Crippen LogP contribution in [0.5, 0.6) is 0 Å². The zero-order valence-corrected chi connectivity index (χ0v) is 19.6. The smallest absolute Gasteiger partial charge is 0.225 e. The van der Waals surface area contributed by atoms with Crippen LogP contribution in [0, 0.1) is 12.8 Å². The van der Waals surface area contributed by atoms with Crippen molar-refractivity contribution in [2.24, 2.45) is 5.92 Å². The van der Waals surface area contributed by atoms with Gasteiger partial charge in [0.2, 0.25) is 11.8 Å². The van der Waals surface area contributed by atoms with Crippen molar-refractivity contribution in [2.75, 3.05) is 50.7 Å². The van der Waals surface area contributed by atoms with Crippen LogP contribution in [0.15, 0.2) is 24.3 Å². The zero-order valence-electron chi connectivity index (χ0n) is 19.6. The first kappa shape index (κ1) is 23.6. The first-order chi connectivity index (χ1) is 15.0. The Morgan fingerprint density at radius 3 is 2.55 bits per heavy atom. The Hall–Kier alpha value is -2.08. The number of rotatable bonds is 10. The van der Waals surface area contributed by atoms with Gasteiger partial charge in [-0.3, -0.25) is 14.5 Å². The van der Waals surface area contributed by atoms with Crippen molar-refractivity contribution in [2.45, 2.75) is 58.9 Å². The largest absolute Gasteiger partial charge is 0.369 e. The summed E-state index contributed by atoms with van der Waals surface area (Å²) in [5, 5.41) is 3.07. The van der Waals surface area contributed by atoms with E-state index in [4.69, 9.17) is 0 Å². The van der Waals surface area contributed by atoms with Gasteiger partial charge in [-0.25, -0.2) is 0 Å². The Balaban J connectivity index is 1.29. The molecule has 1 aromatic carbocycles. The number of nitrogens with one attached hydrogen (secondary N) is 1. The van der Waals surface area contributed by atoms with Crippen molar-refractivity contribution >= 4 is 17.5 Å². The van der Waals surface area contributed by atoms with Crippen molar-refractivity contribution < 1.29 is 9.59 Å². The number of anilines is 1. The monoisotopic (exact) mass is 428 g/mol. The molecule has 0 aliphatic carbocycles. The third-order valence-corrected chi connectivity index (χ3v) is 6.85. The topological polar surface area (TPSA) is 55.9 Å². The van der Waals surface area contributed by atoms with Crippen LogP contribution in [-0.2, 0) is 9.59 Å². The quantitative estimate of drug-likeness (QED) is 0.582. The molecule has 2 aliphatic heterocycles. The van der Waals surface area contributed by atoms with Crippen LogP contribution < -0.4 is 10.2 Å². The van der Waals surface area contributed by atoms with E-state index >= 15 is 0 Å². The van der Waals surface area contributed by atoms with E-state index in [1.165, 1.54) is 11.3 Å². The first-order valence-electron chi connectivity index (χ1n) is 12.1. The van der Waals surface area contributed by atoms with E-state index in [1.54, 1.807) is 0 Å². The van der Waals surface area contributed by atoms with E-state index in [0.29, 0.717) is 19.5 Å². The molecule has 1 aromatic rings. The molecule has 2 amide bonds. The lowest BCUT2D eigenvalue weighted by Gasteiger charge is -2.36. The van der Waals surface area contributed by atoms with Crippen LogP contribution in [0.3, 0.4) is 0 Å². The van der Waals surface area contributed by atoms with E-state index in [2.05, 4.69) is 60.2 Å². The molecule has 0 bridgehead atoms. The molecular weight excluding hydrogens is 388 g/mol. The number of aryl methyl sites for hydroxylation is 1. The van der Waals surface area contributed by atoms with Gasteiger partial charge >= 0.3 is 0 Å². The number of amides is 2. The van der Waals surface area contributed by atoms with Gasteiger partial charge in [0.05, 0.1) is 5.92 Å². The summed E-state index contributed by atoms with van der Waals surface area (Å²) in [6, 6.07) is 9.02. The highest BCUT2D eigenvalue weighted by molar-refractivity contribution is 5.89. The number of benzene rings is 1. The van der Waals surface area contributed by atoms with E-state index < -0.39 is 0 Å². The van der Waals surface area contributed by atoms with E-state index in [0.717, 1.165) is 58.4 Å². The lowest BCUT2D eigenvalue weighted by atomic mass is 10.1. The number of hydrogen-bond acceptors (Lipinski definition) is 4. The van der Waals surface area contributed by atoms with Crippen molar-refractivity contribution in [3.63, 3.8) is 0 Å². The minimum absolute atomic E-state index is 0.0496. The van der Waals surface area contributed by atoms with Gasteiger partial charge in [-0.2, -0.15) is 0 Å². The molecule has 6 nitrogen and oxygen atoms in total. The fourth-order valence-electron chi connectivity index (χ4n) is 4.86. The highest BCUT2D eigenvalue weighted by Gasteiger charge is 2.36. The van der Waals surface area contributed by atoms with Crippen LogP contribution in [-0.4, -0.2) is 73.5 Å². The molecule has 172 valence electrons. The molecule has 2 aliphatic rings. The molecule has 2 fully saturated rings. The van der Waals surface area contributed by atoms with E-state index in [-0.39, 0.29) is 23.8 Å². The molecule has 6 heteroatoms. The fraction of sp³-hybridized carbons (Fsp3) is 0.680. The van der Waals surface area contributed by atoms with Crippen molar-refractivity contribution in [1.82, 2.24) is 15.1 Å². The van der Waals surface area contributed by atoms with Crippen LogP contribution in [0.4, 0.5) is 5.69 Å². The summed E-state index contributed by atoms with van der Waals surface area (Å²) in [5.74, 6) is 0.00929. The molecule has 2 saturated heterocycles. The maximum absolute atomic E-state index is 12.5. The molecule has 1 N–H and O–H groups in total. The molecule has 0 saturated carbocycles. The molecule has 2 heterocycles. The number of likely N-dealkylation sites (tertiary alicyclic amines) is 1. The average Bonchev–Trinajstić information content (AvgIpc) is 3.16. The second-order valence-electron chi connectivity index (χ2n) is 9.08. The van der Waals surface area contributed by atoms with Crippen molar-refractivity contribution in [3.05, 3.63) is 29.8 Å². The zero-order chi connectivity index (χ0) is 22.2. The summed E-state index contributed by atoms with van der Waals surface area (Å²) in [4.78, 5) is 31.7. The van der Waals surface area contributed by atoms with Crippen LogP contribution >= 0.6 is 0 Å². The standard InChI is InChI=1S/C25H40N4O2/c1-4-22(5-2)29-19-21(18-24(29)30)25(31)26-11-6-7-12-27-13-15-28(16-14-27)23-10-8-9-20(3)17-23/h8-10,17,21-22H,4-7,11-16,18-19H2,1-3H3,(H,26,31). The highest BCUT2D eigenvalue weighted by Crippen LogP contribution is 2.23. The van der Waals surface area contributed by atoms with E-state index in [9.17, 15) is 9.59 Å². The Bertz CT molecular complexity index is 726. The third kappa shape index (κ3) is 6.45. The van der Waals surface area contributed by atoms with Crippen LogP contribution in [0.2, 0.25) is 0 Å². The Morgan fingerprint density at radius 2 is 1.87 bits per heavy atom. The minimum Gasteiger partial charge on any atom is -0.369 e. The number of hydrogen-bond donors (Lipinski definition) is 1. The number of carbonyl (C=O) groups excluding carboxylic acids is 2. The Morgan fingerprint density at radius 1 is 1.13 bits per heavy atom. The molecule has 0 aromatic heterocycles. The lowest BCUT2D eigenvalue weighted by molar-refractivity contribution is -0.130. The van der Waals surface area contributed by atoms with Gasteiger partial charge in [-0.15, -0.1) is 0 Å². The van der Waals surface area contributed by atoms with Crippen LogP contribution in [0.1, 0.15) is 51.5 Å². The molecule has 0 radical (unpaired) electrons. The summed E-state index contributed by atoms with van der Waals surface area (Å²) >= 11 is 0. The van der Waals surface area contributed by atoms with Gasteiger partial charge in [0.15, 0.2) is 0 Å². The van der Waals surface area contributed by atoms with Gasteiger partial charge in [-0.1, -0.05) is 26.0 Å². The number of unbranched alkanes of at least 4 members (excludes halogenated alkanes) is 1. The van der Waals surface area contributed by atoms with E-state index in [1.807, 2.05) is 4.90 Å². The van der Waals surface area contributed by atoms with Gasteiger partial charge < -0.3 is 15.1 Å². The number of nitrogens with zero attached hydrogens (tertiary/aromatic N) is 3. The van der Waals surface area contributed by atoms with Gasteiger partial charge in [0.1, 0.15) is 0 Å². The normalized spacial score (nSPS) is 20.0. The maximum Gasteiger partial charge on any atom is 0.225 e. The summed E-state index contributed by atoms with van der Waals surface area (Å²) in [6.07, 6.45) is 4.36. The number of piperazine rings is 1.